The molecule has 1 N–H and O–H groups in total. The molecule has 148 valence electrons. The van der Waals surface area contributed by atoms with E-state index in [1.807, 2.05) is 30.3 Å². The van der Waals surface area contributed by atoms with E-state index in [-0.39, 0.29) is 25.2 Å². The molecule has 0 saturated carbocycles. The number of ether oxygens (including phenoxy) is 2. The van der Waals surface area contributed by atoms with Crippen molar-refractivity contribution in [2.24, 2.45) is 0 Å². The van der Waals surface area contributed by atoms with Crippen molar-refractivity contribution in [1.82, 2.24) is 5.32 Å². The summed E-state index contributed by atoms with van der Waals surface area (Å²) in [6.45, 7) is 8.71. The van der Waals surface area contributed by atoms with Gasteiger partial charge in [-0.2, -0.15) is 0 Å². The molecule has 0 bridgehead atoms. The van der Waals surface area contributed by atoms with Crippen LogP contribution in [-0.4, -0.2) is 36.1 Å². The largest absolute Gasteiger partial charge is 0.460 e. The zero-order valence-corrected chi connectivity index (χ0v) is 16.3. The first kappa shape index (κ1) is 22.4. The van der Waals surface area contributed by atoms with E-state index in [1.165, 1.54) is 6.08 Å². The van der Waals surface area contributed by atoms with Gasteiger partial charge in [0.15, 0.2) is 5.78 Å². The van der Waals surface area contributed by atoms with E-state index in [4.69, 9.17) is 9.47 Å². The first-order valence-corrected chi connectivity index (χ1v) is 9.04. The van der Waals surface area contributed by atoms with Crippen LogP contribution in [0.3, 0.4) is 0 Å². The minimum absolute atomic E-state index is 0.0210. The van der Waals surface area contributed by atoms with Gasteiger partial charge in [0.25, 0.3) is 0 Å². The van der Waals surface area contributed by atoms with E-state index in [2.05, 4.69) is 11.9 Å². The number of ketones is 1. The number of hydrogen-bond donors (Lipinski definition) is 1. The fourth-order valence-electron chi connectivity index (χ4n) is 2.40. The van der Waals surface area contributed by atoms with Gasteiger partial charge in [0, 0.05) is 6.42 Å². The number of Topliss-reactive ketones (excluding diaryl/α,β-unsaturated/α-hetero) is 1. The lowest BCUT2D eigenvalue weighted by atomic mass is 10.0. The third kappa shape index (κ3) is 10.2. The van der Waals surface area contributed by atoms with Gasteiger partial charge in [-0.15, -0.1) is 0 Å². The molecule has 1 atom stereocenters. The zero-order valence-electron chi connectivity index (χ0n) is 16.3. The average Bonchev–Trinajstić information content (AvgIpc) is 2.58. The summed E-state index contributed by atoms with van der Waals surface area (Å²) in [4.78, 5) is 36.4. The number of esters is 1. The van der Waals surface area contributed by atoms with Gasteiger partial charge in [0.2, 0.25) is 0 Å². The van der Waals surface area contributed by atoms with Gasteiger partial charge in [-0.1, -0.05) is 43.0 Å². The van der Waals surface area contributed by atoms with Crippen molar-refractivity contribution < 1.29 is 23.9 Å². The van der Waals surface area contributed by atoms with Crippen LogP contribution < -0.4 is 5.32 Å². The van der Waals surface area contributed by atoms with Gasteiger partial charge in [-0.25, -0.2) is 4.79 Å². The van der Waals surface area contributed by atoms with E-state index in [0.717, 1.165) is 12.0 Å². The quantitative estimate of drug-likeness (QED) is 0.499. The second kappa shape index (κ2) is 11.2. The molecule has 1 aromatic rings. The number of amides is 1. The predicted molar refractivity (Wildman–Crippen MR) is 103 cm³/mol. The Hall–Kier alpha value is -2.63. The summed E-state index contributed by atoms with van der Waals surface area (Å²) in [5.74, 6) is -0.778. The van der Waals surface area contributed by atoms with Crippen LogP contribution in [0.15, 0.2) is 43.0 Å². The van der Waals surface area contributed by atoms with Gasteiger partial charge in [0.05, 0.1) is 6.42 Å². The van der Waals surface area contributed by atoms with Crippen LogP contribution in [0.2, 0.25) is 0 Å². The van der Waals surface area contributed by atoms with E-state index < -0.39 is 23.7 Å². The van der Waals surface area contributed by atoms with Crippen LogP contribution in [-0.2, 0) is 25.5 Å². The summed E-state index contributed by atoms with van der Waals surface area (Å²) in [5.41, 5.74) is 0.466. The van der Waals surface area contributed by atoms with Crippen LogP contribution in [0.25, 0.3) is 0 Å². The molecule has 1 amide bonds. The molecule has 0 heterocycles. The average molecular weight is 375 g/mol. The summed E-state index contributed by atoms with van der Waals surface area (Å²) in [5, 5.41) is 2.46. The Balaban J connectivity index is 2.63. The fourth-order valence-corrected chi connectivity index (χ4v) is 2.40. The monoisotopic (exact) mass is 375 g/mol. The number of carbonyl (C=O) groups is 3. The molecule has 0 saturated heterocycles. The van der Waals surface area contributed by atoms with Gasteiger partial charge < -0.3 is 14.8 Å². The van der Waals surface area contributed by atoms with E-state index in [9.17, 15) is 14.4 Å². The minimum atomic E-state index is -0.979. The van der Waals surface area contributed by atoms with Crippen molar-refractivity contribution in [2.45, 2.75) is 58.1 Å². The van der Waals surface area contributed by atoms with Crippen LogP contribution in [0.1, 0.15) is 45.6 Å². The highest BCUT2D eigenvalue weighted by Gasteiger charge is 2.27. The maximum atomic E-state index is 12.5. The molecule has 6 heteroatoms. The SMILES string of the molecule is C=CCOC(=O)NC(CC(=O)OC(C)(C)C)C(=O)CCCc1ccccc1. The molecule has 1 unspecified atom stereocenters. The van der Waals surface area contributed by atoms with E-state index in [1.54, 1.807) is 20.8 Å². The van der Waals surface area contributed by atoms with Crippen molar-refractivity contribution in [3.63, 3.8) is 0 Å². The van der Waals surface area contributed by atoms with Crippen LogP contribution in [0.4, 0.5) is 4.79 Å². The number of aryl methyl sites for hydroxylation is 1. The van der Waals surface area contributed by atoms with Gasteiger partial charge in [-0.3, -0.25) is 9.59 Å². The number of nitrogens with one attached hydrogen (secondary N) is 1. The summed E-state index contributed by atoms with van der Waals surface area (Å²) < 4.78 is 10.1. The Morgan fingerprint density at radius 3 is 2.44 bits per heavy atom. The Morgan fingerprint density at radius 1 is 1.19 bits per heavy atom. The Labute approximate surface area is 160 Å². The summed E-state index contributed by atoms with van der Waals surface area (Å²) in [6, 6.07) is 8.83. The second-order valence-corrected chi connectivity index (χ2v) is 7.18. The number of alkyl carbamates (subject to hydrolysis) is 1. The molecule has 1 rings (SSSR count). The van der Waals surface area contributed by atoms with Crippen molar-refractivity contribution in [3.05, 3.63) is 48.6 Å². The lowest BCUT2D eigenvalue weighted by molar-refractivity contribution is -0.156. The van der Waals surface area contributed by atoms with Crippen molar-refractivity contribution in [3.8, 4) is 0 Å². The van der Waals surface area contributed by atoms with Crippen molar-refractivity contribution in [2.75, 3.05) is 6.61 Å². The molecule has 0 fully saturated rings. The molecule has 0 aliphatic heterocycles. The molecule has 0 aromatic heterocycles. The number of rotatable bonds is 10. The maximum absolute atomic E-state index is 12.5. The standard InChI is InChI=1S/C21H29NO5/c1-5-14-26-20(25)22-17(15-19(24)27-21(2,3)4)18(23)13-9-12-16-10-7-6-8-11-16/h5-8,10-11,17H,1,9,12-15H2,2-4H3,(H,22,25). The fraction of sp³-hybridized carbons (Fsp3) is 0.476. The first-order chi connectivity index (χ1) is 12.7. The molecular formula is C21H29NO5. The predicted octanol–water partition coefficient (Wildman–Crippen LogP) is 3.59. The molecule has 1 aromatic carbocycles. The topological polar surface area (TPSA) is 81.7 Å². The van der Waals surface area contributed by atoms with E-state index >= 15 is 0 Å². The molecule has 0 spiro atoms. The zero-order chi connectivity index (χ0) is 20.3. The highest BCUT2D eigenvalue weighted by molar-refractivity contribution is 5.91. The summed E-state index contributed by atoms with van der Waals surface area (Å²) in [7, 11) is 0. The van der Waals surface area contributed by atoms with Crippen molar-refractivity contribution in [1.29, 1.82) is 0 Å². The maximum Gasteiger partial charge on any atom is 0.408 e. The van der Waals surface area contributed by atoms with Gasteiger partial charge in [-0.05, 0) is 39.2 Å². The molecule has 27 heavy (non-hydrogen) atoms. The molecular weight excluding hydrogens is 346 g/mol. The molecule has 6 nitrogen and oxygen atoms in total. The number of hydrogen-bond acceptors (Lipinski definition) is 5. The molecule has 0 aliphatic carbocycles. The Kier molecular flexibility index (Phi) is 9.26. The second-order valence-electron chi connectivity index (χ2n) is 7.18. The normalized spacial score (nSPS) is 12.0. The molecule has 0 aliphatic rings. The first-order valence-electron chi connectivity index (χ1n) is 9.04. The van der Waals surface area contributed by atoms with Crippen LogP contribution >= 0.6 is 0 Å². The minimum Gasteiger partial charge on any atom is -0.460 e. The van der Waals surface area contributed by atoms with Crippen molar-refractivity contribution >= 4 is 17.8 Å². The Bertz CT molecular complexity index is 634. The molecule has 0 radical (unpaired) electrons. The highest BCUT2D eigenvalue weighted by Crippen LogP contribution is 2.12. The third-order valence-electron chi connectivity index (χ3n) is 3.54. The summed E-state index contributed by atoms with van der Waals surface area (Å²) in [6.07, 6.45) is 2.03. The Morgan fingerprint density at radius 2 is 1.85 bits per heavy atom. The lowest BCUT2D eigenvalue weighted by Gasteiger charge is -2.22. The van der Waals surface area contributed by atoms with Crippen LogP contribution in [0.5, 0.6) is 0 Å². The highest BCUT2D eigenvalue weighted by atomic mass is 16.6. The lowest BCUT2D eigenvalue weighted by Crippen LogP contribution is -2.43. The third-order valence-corrected chi connectivity index (χ3v) is 3.54. The smallest absolute Gasteiger partial charge is 0.408 e. The number of benzene rings is 1. The summed E-state index contributed by atoms with van der Waals surface area (Å²) >= 11 is 0. The number of carbonyl (C=O) groups excluding carboxylic acids is 3. The van der Waals surface area contributed by atoms with Gasteiger partial charge >= 0.3 is 12.1 Å². The van der Waals surface area contributed by atoms with Crippen LogP contribution in [0, 0.1) is 0 Å². The van der Waals surface area contributed by atoms with Gasteiger partial charge in [0.1, 0.15) is 18.2 Å². The van der Waals surface area contributed by atoms with E-state index in [0.29, 0.717) is 6.42 Å².